The molecule has 0 radical (unpaired) electrons. The summed E-state index contributed by atoms with van der Waals surface area (Å²) in [4.78, 5) is 25.0. The second-order valence-corrected chi connectivity index (χ2v) is 8.87. The van der Waals surface area contributed by atoms with Crippen LogP contribution in [-0.2, 0) is 11.3 Å². The number of nitrogens with one attached hydrogen (secondary N) is 2. The predicted molar refractivity (Wildman–Crippen MR) is 128 cm³/mol. The maximum absolute atomic E-state index is 13.0. The van der Waals surface area contributed by atoms with Crippen LogP contribution in [0, 0.1) is 12.8 Å². The normalized spacial score (nSPS) is 11.1. The van der Waals surface area contributed by atoms with Crippen molar-refractivity contribution in [1.29, 1.82) is 0 Å². The Morgan fingerprint density at radius 1 is 1.03 bits per heavy atom. The fourth-order valence-electron chi connectivity index (χ4n) is 3.60. The molecule has 3 aromatic rings. The van der Waals surface area contributed by atoms with Crippen molar-refractivity contribution >= 4 is 17.5 Å². The highest BCUT2D eigenvalue weighted by Crippen LogP contribution is 2.23. The van der Waals surface area contributed by atoms with E-state index in [-0.39, 0.29) is 17.7 Å². The van der Waals surface area contributed by atoms with Gasteiger partial charge in [0, 0.05) is 18.7 Å². The maximum Gasteiger partial charge on any atom is 0.255 e. The van der Waals surface area contributed by atoms with Crippen LogP contribution in [0.1, 0.15) is 67.2 Å². The van der Waals surface area contributed by atoms with E-state index in [1.54, 1.807) is 6.20 Å². The van der Waals surface area contributed by atoms with Gasteiger partial charge in [-0.3, -0.25) is 9.59 Å². The number of nitrogens with zero attached hydrogens (tertiary/aromatic N) is 2. The Bertz CT molecular complexity index is 1080. The van der Waals surface area contributed by atoms with Crippen LogP contribution in [0.3, 0.4) is 0 Å². The number of benzene rings is 2. The van der Waals surface area contributed by atoms with E-state index in [0.29, 0.717) is 24.4 Å². The first-order chi connectivity index (χ1) is 15.2. The summed E-state index contributed by atoms with van der Waals surface area (Å²) < 4.78 is 1.84. The van der Waals surface area contributed by atoms with Gasteiger partial charge in [-0.2, -0.15) is 5.10 Å². The van der Waals surface area contributed by atoms with Crippen LogP contribution in [0.4, 0.5) is 5.69 Å². The second kappa shape index (κ2) is 10.3. The number of carbonyl (C=O) groups excluding carboxylic acids is 2. The molecular weight excluding hydrogens is 400 g/mol. The van der Waals surface area contributed by atoms with Crippen molar-refractivity contribution in [3.63, 3.8) is 0 Å². The summed E-state index contributed by atoms with van der Waals surface area (Å²) in [6.07, 6.45) is 2.11. The maximum atomic E-state index is 13.0. The average molecular weight is 433 g/mol. The lowest BCUT2D eigenvalue weighted by Gasteiger charge is -2.13. The van der Waals surface area contributed by atoms with Crippen molar-refractivity contribution in [1.82, 2.24) is 15.1 Å². The van der Waals surface area contributed by atoms with Gasteiger partial charge < -0.3 is 10.6 Å². The number of amides is 2. The van der Waals surface area contributed by atoms with E-state index in [4.69, 9.17) is 0 Å². The lowest BCUT2D eigenvalue weighted by molar-refractivity contribution is -0.116. The summed E-state index contributed by atoms with van der Waals surface area (Å²) in [7, 11) is 0. The average Bonchev–Trinajstić information content (AvgIpc) is 3.18. The van der Waals surface area contributed by atoms with E-state index >= 15 is 0 Å². The van der Waals surface area contributed by atoms with Crippen molar-refractivity contribution in [3.8, 4) is 5.69 Å². The Labute approximate surface area is 190 Å². The van der Waals surface area contributed by atoms with E-state index < -0.39 is 0 Å². The second-order valence-electron chi connectivity index (χ2n) is 8.87. The van der Waals surface area contributed by atoms with Crippen molar-refractivity contribution in [3.05, 3.63) is 77.1 Å². The molecule has 0 atom stereocenters. The highest BCUT2D eigenvalue weighted by molar-refractivity contribution is 5.95. The minimum Gasteiger partial charge on any atom is -0.348 e. The first-order valence-electron chi connectivity index (χ1n) is 11.1. The van der Waals surface area contributed by atoms with Gasteiger partial charge in [0.15, 0.2) is 0 Å². The van der Waals surface area contributed by atoms with Gasteiger partial charge >= 0.3 is 0 Å². The number of hydrogen-bond acceptors (Lipinski definition) is 3. The summed E-state index contributed by atoms with van der Waals surface area (Å²) in [6, 6.07) is 15.6. The van der Waals surface area contributed by atoms with E-state index in [1.165, 1.54) is 5.56 Å². The molecule has 32 heavy (non-hydrogen) atoms. The minimum absolute atomic E-state index is 0.00807. The minimum atomic E-state index is -0.165. The lowest BCUT2D eigenvalue weighted by Crippen LogP contribution is -2.24. The zero-order chi connectivity index (χ0) is 23.3. The predicted octanol–water partition coefficient (Wildman–Crippen LogP) is 5.22. The van der Waals surface area contributed by atoms with Gasteiger partial charge in [0.1, 0.15) is 0 Å². The summed E-state index contributed by atoms with van der Waals surface area (Å²) in [6.45, 7) is 10.5. The SMILES string of the molecule is Cc1ccc(-n2ncc(C(=O)NCc3cccc(NC(=O)CC(C)C)c3)c2C(C)C)cc1. The molecule has 0 saturated carbocycles. The summed E-state index contributed by atoms with van der Waals surface area (Å²) in [5, 5.41) is 10.4. The van der Waals surface area contributed by atoms with Crippen molar-refractivity contribution in [2.45, 2.75) is 53.5 Å². The van der Waals surface area contributed by atoms with Gasteiger partial charge in [-0.25, -0.2) is 4.68 Å². The lowest BCUT2D eigenvalue weighted by atomic mass is 10.0. The molecule has 3 rings (SSSR count). The molecule has 2 aromatic carbocycles. The summed E-state index contributed by atoms with van der Waals surface area (Å²) in [5.41, 5.74) is 5.20. The molecule has 0 bridgehead atoms. The standard InChI is InChI=1S/C26H32N4O2/c1-17(2)13-24(31)29-21-8-6-7-20(14-21)15-27-26(32)23-16-28-30(25(23)18(3)4)22-11-9-19(5)10-12-22/h6-12,14,16-18H,13,15H2,1-5H3,(H,27,32)(H,29,31). The smallest absolute Gasteiger partial charge is 0.255 e. The van der Waals surface area contributed by atoms with E-state index in [1.807, 2.05) is 74.0 Å². The summed E-state index contributed by atoms with van der Waals surface area (Å²) in [5.74, 6) is 0.250. The molecule has 0 aliphatic rings. The van der Waals surface area contributed by atoms with Gasteiger partial charge in [-0.15, -0.1) is 0 Å². The van der Waals surface area contributed by atoms with Crippen LogP contribution in [0.15, 0.2) is 54.7 Å². The first kappa shape index (κ1) is 23.3. The van der Waals surface area contributed by atoms with Gasteiger partial charge in [-0.1, -0.05) is 57.5 Å². The Balaban J connectivity index is 1.72. The monoisotopic (exact) mass is 432 g/mol. The number of rotatable bonds is 8. The van der Waals surface area contributed by atoms with Crippen LogP contribution < -0.4 is 10.6 Å². The summed E-state index contributed by atoms with van der Waals surface area (Å²) >= 11 is 0. The quantitative estimate of drug-likeness (QED) is 0.512. The third kappa shape index (κ3) is 5.84. The highest BCUT2D eigenvalue weighted by atomic mass is 16.2. The van der Waals surface area contributed by atoms with Gasteiger partial charge in [0.2, 0.25) is 5.91 Å². The van der Waals surface area contributed by atoms with Gasteiger partial charge in [0.25, 0.3) is 5.91 Å². The van der Waals surface area contributed by atoms with Crippen LogP contribution in [-0.4, -0.2) is 21.6 Å². The van der Waals surface area contributed by atoms with Crippen molar-refractivity contribution in [2.75, 3.05) is 5.32 Å². The topological polar surface area (TPSA) is 76.0 Å². The van der Waals surface area contributed by atoms with E-state index in [0.717, 1.165) is 22.6 Å². The highest BCUT2D eigenvalue weighted by Gasteiger charge is 2.20. The number of aromatic nitrogens is 2. The molecule has 168 valence electrons. The largest absolute Gasteiger partial charge is 0.348 e. The molecule has 0 aliphatic carbocycles. The third-order valence-corrected chi connectivity index (χ3v) is 5.13. The zero-order valence-corrected chi connectivity index (χ0v) is 19.5. The van der Waals surface area contributed by atoms with Crippen LogP contribution in [0.5, 0.6) is 0 Å². The Morgan fingerprint density at radius 2 is 1.75 bits per heavy atom. The number of aryl methyl sites for hydroxylation is 1. The molecular formula is C26H32N4O2. The molecule has 1 heterocycles. The number of anilines is 1. The van der Waals surface area contributed by atoms with Gasteiger partial charge in [0.05, 0.1) is 23.1 Å². The molecule has 6 nitrogen and oxygen atoms in total. The fraction of sp³-hybridized carbons (Fsp3) is 0.346. The molecule has 0 aliphatic heterocycles. The Morgan fingerprint density at radius 3 is 2.41 bits per heavy atom. The fourth-order valence-corrected chi connectivity index (χ4v) is 3.60. The van der Waals surface area contributed by atoms with Crippen molar-refractivity contribution < 1.29 is 9.59 Å². The first-order valence-corrected chi connectivity index (χ1v) is 11.1. The molecule has 0 unspecified atom stereocenters. The molecule has 0 fully saturated rings. The molecule has 2 amide bonds. The third-order valence-electron chi connectivity index (χ3n) is 5.13. The number of hydrogen-bond donors (Lipinski definition) is 2. The number of carbonyl (C=O) groups is 2. The van der Waals surface area contributed by atoms with Crippen LogP contribution in [0.2, 0.25) is 0 Å². The Kier molecular flexibility index (Phi) is 7.46. The van der Waals surface area contributed by atoms with E-state index in [2.05, 4.69) is 29.6 Å². The molecule has 0 spiro atoms. The zero-order valence-electron chi connectivity index (χ0n) is 19.5. The van der Waals surface area contributed by atoms with Gasteiger partial charge in [-0.05, 0) is 48.6 Å². The van der Waals surface area contributed by atoms with E-state index in [9.17, 15) is 9.59 Å². The Hall–Kier alpha value is -3.41. The van der Waals surface area contributed by atoms with Crippen LogP contribution >= 0.6 is 0 Å². The molecule has 1 aromatic heterocycles. The molecule has 6 heteroatoms. The van der Waals surface area contributed by atoms with Crippen LogP contribution in [0.25, 0.3) is 5.69 Å². The molecule has 2 N–H and O–H groups in total. The molecule has 0 saturated heterocycles. The van der Waals surface area contributed by atoms with Crippen molar-refractivity contribution in [2.24, 2.45) is 5.92 Å².